The predicted octanol–water partition coefficient (Wildman–Crippen LogP) is 4.70. The minimum atomic E-state index is -4.41. The van der Waals surface area contributed by atoms with Crippen molar-refractivity contribution in [1.29, 1.82) is 0 Å². The zero-order valence-electron chi connectivity index (χ0n) is 17.5. The number of nitrogens with zero attached hydrogens (tertiary/aromatic N) is 1. The number of alkyl halides is 3. The van der Waals surface area contributed by atoms with Gasteiger partial charge in [0.05, 0.1) is 6.61 Å². The number of benzene rings is 2. The Balaban J connectivity index is 0.00000480. The van der Waals surface area contributed by atoms with E-state index in [-0.39, 0.29) is 48.7 Å². The molecule has 31 heavy (non-hydrogen) atoms. The summed E-state index contributed by atoms with van der Waals surface area (Å²) in [4.78, 5) is 4.10. The SMILES string of the molecule is CN=C(NCc1ccc(F)c(COC)c1)NCc1ccc(C)cc1OCC(F)(F)F.I. The van der Waals surface area contributed by atoms with Crippen molar-refractivity contribution in [2.24, 2.45) is 4.99 Å². The van der Waals surface area contributed by atoms with E-state index in [0.29, 0.717) is 23.6 Å². The largest absolute Gasteiger partial charge is 0.484 e. The second kappa shape index (κ2) is 12.7. The van der Waals surface area contributed by atoms with E-state index < -0.39 is 12.8 Å². The first-order valence-electron chi connectivity index (χ1n) is 9.21. The van der Waals surface area contributed by atoms with Gasteiger partial charge in [0.25, 0.3) is 0 Å². The highest BCUT2D eigenvalue weighted by molar-refractivity contribution is 14.0. The number of aliphatic imine (C=N–C) groups is 1. The van der Waals surface area contributed by atoms with Crippen molar-refractivity contribution < 1.29 is 27.0 Å². The van der Waals surface area contributed by atoms with Gasteiger partial charge in [-0.25, -0.2) is 4.39 Å². The second-order valence-electron chi connectivity index (χ2n) is 6.65. The van der Waals surface area contributed by atoms with Crippen molar-refractivity contribution in [3.63, 3.8) is 0 Å². The van der Waals surface area contributed by atoms with Crippen LogP contribution in [0.1, 0.15) is 22.3 Å². The summed E-state index contributed by atoms with van der Waals surface area (Å²) in [5.74, 6) is 0.266. The molecule has 0 fully saturated rings. The third-order valence-corrected chi connectivity index (χ3v) is 4.15. The number of guanidine groups is 1. The van der Waals surface area contributed by atoms with E-state index in [1.54, 1.807) is 44.3 Å². The monoisotopic (exact) mass is 555 g/mol. The van der Waals surface area contributed by atoms with Gasteiger partial charge in [-0.05, 0) is 36.2 Å². The summed E-state index contributed by atoms with van der Waals surface area (Å²) in [5, 5.41) is 6.13. The van der Waals surface area contributed by atoms with E-state index in [1.165, 1.54) is 13.2 Å². The highest BCUT2D eigenvalue weighted by Crippen LogP contribution is 2.23. The van der Waals surface area contributed by atoms with Crippen LogP contribution in [-0.2, 0) is 24.4 Å². The van der Waals surface area contributed by atoms with Crippen LogP contribution in [0.4, 0.5) is 17.6 Å². The van der Waals surface area contributed by atoms with Gasteiger partial charge in [-0.2, -0.15) is 13.2 Å². The zero-order chi connectivity index (χ0) is 22.1. The molecular weight excluding hydrogens is 529 g/mol. The van der Waals surface area contributed by atoms with Crippen LogP contribution < -0.4 is 15.4 Å². The number of aryl methyl sites for hydroxylation is 1. The smallest absolute Gasteiger partial charge is 0.422 e. The summed E-state index contributed by atoms with van der Waals surface area (Å²) in [6.45, 7) is 1.18. The lowest BCUT2D eigenvalue weighted by Gasteiger charge is -2.16. The van der Waals surface area contributed by atoms with E-state index in [0.717, 1.165) is 11.1 Å². The molecular formula is C21H26F4IN3O2. The van der Waals surface area contributed by atoms with E-state index >= 15 is 0 Å². The molecule has 5 nitrogen and oxygen atoms in total. The van der Waals surface area contributed by atoms with Crippen molar-refractivity contribution in [3.8, 4) is 5.75 Å². The minimum absolute atomic E-state index is 0. The van der Waals surface area contributed by atoms with E-state index in [1.807, 2.05) is 0 Å². The lowest BCUT2D eigenvalue weighted by molar-refractivity contribution is -0.153. The van der Waals surface area contributed by atoms with Crippen LogP contribution >= 0.6 is 24.0 Å². The van der Waals surface area contributed by atoms with E-state index in [4.69, 9.17) is 9.47 Å². The fourth-order valence-corrected chi connectivity index (χ4v) is 2.69. The molecule has 2 N–H and O–H groups in total. The molecule has 0 unspecified atom stereocenters. The maximum absolute atomic E-state index is 13.7. The molecule has 0 saturated heterocycles. The van der Waals surface area contributed by atoms with Crippen LogP contribution in [0.3, 0.4) is 0 Å². The Labute approximate surface area is 196 Å². The fourth-order valence-electron chi connectivity index (χ4n) is 2.69. The molecule has 0 atom stereocenters. The summed E-state index contributed by atoms with van der Waals surface area (Å²) in [6.07, 6.45) is -4.41. The van der Waals surface area contributed by atoms with Gasteiger partial charge < -0.3 is 20.1 Å². The molecule has 0 radical (unpaired) electrons. The summed E-state index contributed by atoms with van der Waals surface area (Å²) in [7, 11) is 3.07. The number of methoxy groups -OCH3 is 1. The highest BCUT2D eigenvalue weighted by Gasteiger charge is 2.28. The van der Waals surface area contributed by atoms with Crippen molar-refractivity contribution >= 4 is 29.9 Å². The average Bonchev–Trinajstić information content (AvgIpc) is 2.69. The highest BCUT2D eigenvalue weighted by atomic mass is 127. The summed E-state index contributed by atoms with van der Waals surface area (Å²) in [6, 6.07) is 9.79. The zero-order valence-corrected chi connectivity index (χ0v) is 19.8. The molecule has 0 saturated carbocycles. The molecule has 0 aliphatic carbocycles. The number of hydrogen-bond acceptors (Lipinski definition) is 3. The Morgan fingerprint density at radius 2 is 1.74 bits per heavy atom. The van der Waals surface area contributed by atoms with Crippen LogP contribution in [0.2, 0.25) is 0 Å². The van der Waals surface area contributed by atoms with Gasteiger partial charge >= 0.3 is 6.18 Å². The topological polar surface area (TPSA) is 54.9 Å². The summed E-state index contributed by atoms with van der Waals surface area (Å²) >= 11 is 0. The third-order valence-electron chi connectivity index (χ3n) is 4.15. The number of rotatable bonds is 8. The van der Waals surface area contributed by atoms with Crippen LogP contribution in [0, 0.1) is 12.7 Å². The third kappa shape index (κ3) is 9.30. The minimum Gasteiger partial charge on any atom is -0.484 e. The quantitative estimate of drug-likeness (QED) is 0.215. The van der Waals surface area contributed by atoms with Crippen LogP contribution in [0.15, 0.2) is 41.4 Å². The molecule has 10 heteroatoms. The molecule has 2 aromatic carbocycles. The van der Waals surface area contributed by atoms with Gasteiger partial charge in [0, 0.05) is 38.4 Å². The Bertz CT molecular complexity index is 876. The lowest BCUT2D eigenvalue weighted by atomic mass is 10.1. The summed E-state index contributed by atoms with van der Waals surface area (Å²) in [5.41, 5.74) is 2.64. The number of hydrogen-bond donors (Lipinski definition) is 2. The van der Waals surface area contributed by atoms with Gasteiger partial charge in [-0.15, -0.1) is 24.0 Å². The Hall–Kier alpha value is -2.08. The first kappa shape index (κ1) is 27.0. The van der Waals surface area contributed by atoms with Gasteiger partial charge in [0.1, 0.15) is 11.6 Å². The predicted molar refractivity (Wildman–Crippen MR) is 122 cm³/mol. The molecule has 2 rings (SSSR count). The molecule has 0 amide bonds. The molecule has 0 aliphatic rings. The average molecular weight is 555 g/mol. The Kier molecular flexibility index (Phi) is 11.0. The van der Waals surface area contributed by atoms with Crippen LogP contribution in [0.25, 0.3) is 0 Å². The van der Waals surface area contributed by atoms with Crippen molar-refractivity contribution in [2.45, 2.75) is 32.8 Å². The van der Waals surface area contributed by atoms with Crippen LogP contribution in [-0.4, -0.2) is 32.9 Å². The van der Waals surface area contributed by atoms with Crippen LogP contribution in [0.5, 0.6) is 5.75 Å². The Morgan fingerprint density at radius 1 is 1.03 bits per heavy atom. The molecule has 2 aromatic rings. The molecule has 0 aliphatic heterocycles. The lowest BCUT2D eigenvalue weighted by Crippen LogP contribution is -2.36. The second-order valence-corrected chi connectivity index (χ2v) is 6.65. The van der Waals surface area contributed by atoms with E-state index in [9.17, 15) is 17.6 Å². The van der Waals surface area contributed by atoms with Gasteiger partial charge in [0.15, 0.2) is 12.6 Å². The van der Waals surface area contributed by atoms with Crippen molar-refractivity contribution in [2.75, 3.05) is 20.8 Å². The van der Waals surface area contributed by atoms with Crippen molar-refractivity contribution in [1.82, 2.24) is 10.6 Å². The maximum Gasteiger partial charge on any atom is 0.422 e. The molecule has 0 bridgehead atoms. The molecule has 0 spiro atoms. The van der Waals surface area contributed by atoms with Gasteiger partial charge in [0.2, 0.25) is 0 Å². The van der Waals surface area contributed by atoms with Gasteiger partial charge in [-0.1, -0.05) is 18.2 Å². The summed E-state index contributed by atoms with van der Waals surface area (Å²) < 4.78 is 61.2. The standard InChI is InChI=1S/C21H25F4N3O2.HI/c1-14-4-6-16(19(8-14)30-13-21(23,24)25)11-28-20(26-2)27-10-15-5-7-18(22)17(9-15)12-29-3;/h4-9H,10-13H2,1-3H3,(H2,26,27,28);1H. The Morgan fingerprint density at radius 3 is 2.39 bits per heavy atom. The van der Waals surface area contributed by atoms with Crippen molar-refractivity contribution in [3.05, 3.63) is 64.5 Å². The number of ether oxygens (including phenoxy) is 2. The molecule has 172 valence electrons. The first-order chi connectivity index (χ1) is 14.2. The molecule has 0 aromatic heterocycles. The fraction of sp³-hybridized carbons (Fsp3) is 0.381. The molecule has 0 heterocycles. The van der Waals surface area contributed by atoms with E-state index in [2.05, 4.69) is 15.6 Å². The maximum atomic E-state index is 13.7. The van der Waals surface area contributed by atoms with Gasteiger partial charge in [-0.3, -0.25) is 4.99 Å². The number of halogens is 5. The first-order valence-corrected chi connectivity index (χ1v) is 9.21. The normalized spacial score (nSPS) is 11.6. The number of nitrogens with one attached hydrogen (secondary N) is 2.